The Morgan fingerprint density at radius 1 is 1.07 bits per heavy atom. The molecule has 1 saturated heterocycles. The van der Waals surface area contributed by atoms with Crippen LogP contribution in [0.25, 0.3) is 0 Å². The van der Waals surface area contributed by atoms with Crippen LogP contribution >= 0.6 is 11.6 Å². The largest absolute Gasteiger partial charge is 0.493 e. The van der Waals surface area contributed by atoms with Crippen molar-refractivity contribution in [1.29, 1.82) is 0 Å². The molecule has 0 amide bonds. The van der Waals surface area contributed by atoms with Gasteiger partial charge in [-0.25, -0.2) is 0 Å². The number of benzene rings is 2. The van der Waals surface area contributed by atoms with E-state index in [0.717, 1.165) is 37.4 Å². The lowest BCUT2D eigenvalue weighted by Crippen LogP contribution is -2.36. The smallest absolute Gasteiger partial charge is 0.417 e. The van der Waals surface area contributed by atoms with Gasteiger partial charge in [-0.05, 0) is 55.3 Å². The second-order valence-corrected chi connectivity index (χ2v) is 7.69. The van der Waals surface area contributed by atoms with Crippen LogP contribution < -0.4 is 14.8 Å². The molecule has 164 valence electrons. The van der Waals surface area contributed by atoms with Crippen molar-refractivity contribution in [2.45, 2.75) is 31.5 Å². The lowest BCUT2D eigenvalue weighted by Gasteiger charge is -2.36. The van der Waals surface area contributed by atoms with Gasteiger partial charge in [0.05, 0.1) is 24.8 Å². The number of methoxy groups -OCH3 is 2. The Hall–Kier alpha value is -2.12. The molecule has 1 aliphatic rings. The van der Waals surface area contributed by atoms with Gasteiger partial charge in [-0.3, -0.25) is 4.90 Å². The van der Waals surface area contributed by atoms with Crippen LogP contribution in [0.15, 0.2) is 36.4 Å². The summed E-state index contributed by atoms with van der Waals surface area (Å²) in [6, 6.07) is 10.1. The predicted octanol–water partition coefficient (Wildman–Crippen LogP) is 6.02. The molecule has 1 atom stereocenters. The highest BCUT2D eigenvalue weighted by atomic mass is 35.5. The van der Waals surface area contributed by atoms with E-state index in [4.69, 9.17) is 21.1 Å². The highest BCUT2D eigenvalue weighted by Gasteiger charge is 2.33. The summed E-state index contributed by atoms with van der Waals surface area (Å²) in [6.07, 6.45) is -1.22. The average Bonchev–Trinajstić information content (AvgIpc) is 2.74. The SMILES string of the molecule is COc1ccc([C@H]2CCCCN2CCNc2ccc(Cl)c(C(F)(F)F)c2)cc1OC. The van der Waals surface area contributed by atoms with Crippen LogP contribution in [0.5, 0.6) is 11.5 Å². The van der Waals surface area contributed by atoms with Gasteiger partial charge in [0.15, 0.2) is 11.5 Å². The number of piperidine rings is 1. The van der Waals surface area contributed by atoms with Gasteiger partial charge < -0.3 is 14.8 Å². The minimum atomic E-state index is -4.47. The van der Waals surface area contributed by atoms with E-state index in [1.165, 1.54) is 6.07 Å². The molecule has 0 aliphatic carbocycles. The number of rotatable bonds is 7. The molecule has 1 aliphatic heterocycles. The minimum Gasteiger partial charge on any atom is -0.493 e. The molecule has 0 bridgehead atoms. The van der Waals surface area contributed by atoms with Gasteiger partial charge in [0.25, 0.3) is 0 Å². The number of hydrogen-bond donors (Lipinski definition) is 1. The highest BCUT2D eigenvalue weighted by molar-refractivity contribution is 6.31. The number of halogens is 4. The van der Waals surface area contributed by atoms with Gasteiger partial charge in [0, 0.05) is 24.8 Å². The van der Waals surface area contributed by atoms with Gasteiger partial charge in [0.2, 0.25) is 0 Å². The van der Waals surface area contributed by atoms with Crippen molar-refractivity contribution in [3.63, 3.8) is 0 Å². The second kappa shape index (κ2) is 9.79. The first kappa shape index (κ1) is 22.6. The van der Waals surface area contributed by atoms with Gasteiger partial charge in [-0.2, -0.15) is 13.2 Å². The molecule has 0 radical (unpaired) electrons. The molecular formula is C22H26ClF3N2O2. The maximum atomic E-state index is 13.1. The zero-order chi connectivity index (χ0) is 21.7. The van der Waals surface area contributed by atoms with E-state index >= 15 is 0 Å². The van der Waals surface area contributed by atoms with Gasteiger partial charge in [-0.1, -0.05) is 24.1 Å². The standard InChI is InChI=1S/C22H26ClF3N2O2/c1-29-20-9-6-15(13-21(20)30-2)19-5-3-4-11-28(19)12-10-27-16-7-8-18(23)17(14-16)22(24,25)26/h6-9,13-14,19,27H,3-5,10-12H2,1-2H3/t19-/m1/s1. The van der Waals surface area contributed by atoms with Crippen LogP contribution in [-0.4, -0.2) is 38.8 Å². The van der Waals surface area contributed by atoms with Gasteiger partial charge >= 0.3 is 6.18 Å². The zero-order valence-electron chi connectivity index (χ0n) is 17.1. The zero-order valence-corrected chi connectivity index (χ0v) is 17.8. The molecule has 1 heterocycles. The molecule has 0 spiro atoms. The number of nitrogens with zero attached hydrogens (tertiary/aromatic N) is 1. The highest BCUT2D eigenvalue weighted by Crippen LogP contribution is 2.37. The Balaban J connectivity index is 1.67. The summed E-state index contributed by atoms with van der Waals surface area (Å²) in [5, 5.41) is 2.81. The first-order valence-corrected chi connectivity index (χ1v) is 10.3. The first-order valence-electron chi connectivity index (χ1n) is 9.90. The van der Waals surface area contributed by atoms with E-state index in [1.54, 1.807) is 20.3 Å². The lowest BCUT2D eigenvalue weighted by atomic mass is 9.95. The van der Waals surface area contributed by atoms with Crippen molar-refractivity contribution in [1.82, 2.24) is 4.90 Å². The number of alkyl halides is 3. The van der Waals surface area contributed by atoms with E-state index in [0.29, 0.717) is 30.3 Å². The summed E-state index contributed by atoms with van der Waals surface area (Å²) in [5.41, 5.74) is 0.736. The quantitative estimate of drug-likeness (QED) is 0.569. The number of ether oxygens (including phenoxy) is 2. The molecule has 3 rings (SSSR count). The summed E-state index contributed by atoms with van der Waals surface area (Å²) in [7, 11) is 3.22. The van der Waals surface area contributed by atoms with Crippen LogP contribution in [0.1, 0.15) is 36.4 Å². The van der Waals surface area contributed by atoms with E-state index in [1.807, 2.05) is 18.2 Å². The van der Waals surface area contributed by atoms with Crippen LogP contribution in [0, 0.1) is 0 Å². The molecule has 0 unspecified atom stereocenters. The molecule has 2 aromatic rings. The van der Waals surface area contributed by atoms with Crippen LogP contribution in [0.2, 0.25) is 5.02 Å². The summed E-state index contributed by atoms with van der Waals surface area (Å²) >= 11 is 5.69. The Kier molecular flexibility index (Phi) is 7.36. The molecule has 2 aromatic carbocycles. The molecule has 0 aromatic heterocycles. The number of likely N-dealkylation sites (tertiary alicyclic amines) is 1. The Morgan fingerprint density at radius 3 is 2.53 bits per heavy atom. The Morgan fingerprint density at radius 2 is 1.83 bits per heavy atom. The third kappa shape index (κ3) is 5.32. The third-order valence-electron chi connectivity index (χ3n) is 5.41. The van der Waals surface area contributed by atoms with E-state index < -0.39 is 11.7 Å². The first-order chi connectivity index (χ1) is 14.3. The topological polar surface area (TPSA) is 33.7 Å². The van der Waals surface area contributed by atoms with E-state index in [-0.39, 0.29) is 11.1 Å². The normalized spacial score (nSPS) is 17.6. The van der Waals surface area contributed by atoms with Crippen molar-refractivity contribution in [3.8, 4) is 11.5 Å². The second-order valence-electron chi connectivity index (χ2n) is 7.28. The van der Waals surface area contributed by atoms with E-state index in [9.17, 15) is 13.2 Å². The number of hydrogen-bond acceptors (Lipinski definition) is 4. The van der Waals surface area contributed by atoms with Crippen molar-refractivity contribution >= 4 is 17.3 Å². The van der Waals surface area contributed by atoms with Crippen LogP contribution in [0.4, 0.5) is 18.9 Å². The summed E-state index contributed by atoms with van der Waals surface area (Å²) in [6.45, 7) is 2.18. The van der Waals surface area contributed by atoms with Crippen molar-refractivity contribution in [2.24, 2.45) is 0 Å². The van der Waals surface area contributed by atoms with Crippen molar-refractivity contribution in [2.75, 3.05) is 39.2 Å². The predicted molar refractivity (Wildman–Crippen MR) is 113 cm³/mol. The fraction of sp³-hybridized carbons (Fsp3) is 0.455. The van der Waals surface area contributed by atoms with Crippen LogP contribution in [-0.2, 0) is 6.18 Å². The van der Waals surface area contributed by atoms with Gasteiger partial charge in [0.1, 0.15) is 0 Å². The van der Waals surface area contributed by atoms with E-state index in [2.05, 4.69) is 10.2 Å². The monoisotopic (exact) mass is 442 g/mol. The summed E-state index contributed by atoms with van der Waals surface area (Å²) < 4.78 is 49.9. The maximum Gasteiger partial charge on any atom is 0.417 e. The minimum absolute atomic E-state index is 0.233. The molecule has 30 heavy (non-hydrogen) atoms. The average molecular weight is 443 g/mol. The fourth-order valence-corrected chi connectivity index (χ4v) is 4.12. The molecule has 8 heteroatoms. The summed E-state index contributed by atoms with van der Waals surface area (Å²) in [5.74, 6) is 1.38. The molecule has 0 saturated carbocycles. The number of nitrogens with one attached hydrogen (secondary N) is 1. The summed E-state index contributed by atoms with van der Waals surface area (Å²) in [4.78, 5) is 2.36. The van der Waals surface area contributed by atoms with Crippen LogP contribution in [0.3, 0.4) is 0 Å². The molecule has 4 nitrogen and oxygen atoms in total. The molecular weight excluding hydrogens is 417 g/mol. The van der Waals surface area contributed by atoms with Crippen molar-refractivity contribution in [3.05, 3.63) is 52.5 Å². The maximum absolute atomic E-state index is 13.1. The third-order valence-corrected chi connectivity index (χ3v) is 5.74. The lowest BCUT2D eigenvalue weighted by molar-refractivity contribution is -0.137. The Labute approximate surface area is 179 Å². The Bertz CT molecular complexity index is 861. The number of anilines is 1. The van der Waals surface area contributed by atoms with Gasteiger partial charge in [-0.15, -0.1) is 0 Å². The fourth-order valence-electron chi connectivity index (χ4n) is 3.89. The molecule has 1 N–H and O–H groups in total. The molecule has 1 fully saturated rings. The van der Waals surface area contributed by atoms with Crippen molar-refractivity contribution < 1.29 is 22.6 Å².